The zero-order valence-corrected chi connectivity index (χ0v) is 5.10. The molecule has 0 aliphatic rings. The maximum absolute atomic E-state index is 2.95. The molecule has 0 radical (unpaired) electrons. The highest BCUT2D eigenvalue weighted by Gasteiger charge is 1.72. The van der Waals surface area contributed by atoms with Gasteiger partial charge >= 0.3 is 0 Å². The normalized spacial score (nSPS) is 10.9. The molecule has 2 heteroatoms. The Morgan fingerprint density at radius 3 is 2.14 bits per heavy atom. The summed E-state index contributed by atoms with van der Waals surface area (Å²) in [5.41, 5.74) is 2.95. The summed E-state index contributed by atoms with van der Waals surface area (Å²) in [5.74, 6) is 0. The van der Waals surface area contributed by atoms with Crippen molar-refractivity contribution in [2.75, 3.05) is 14.1 Å². The van der Waals surface area contributed by atoms with Gasteiger partial charge in [-0.2, -0.15) is 0 Å². The summed E-state index contributed by atoms with van der Waals surface area (Å²) in [5, 5.41) is 1.88. The fourth-order valence-corrected chi connectivity index (χ4v) is 0.224. The van der Waals surface area contributed by atoms with E-state index >= 15 is 0 Å². The van der Waals surface area contributed by atoms with Crippen LogP contribution in [-0.2, 0) is 0 Å². The molecular weight excluding hydrogens is 88.1 g/mol. The third-order valence-corrected chi connectivity index (χ3v) is 0.499. The van der Waals surface area contributed by atoms with Gasteiger partial charge in [-0.15, -0.1) is 0 Å². The van der Waals surface area contributed by atoms with E-state index in [2.05, 4.69) is 5.43 Å². The number of allylic oxidation sites excluding steroid dienone is 1. The van der Waals surface area contributed by atoms with Gasteiger partial charge in [-0.1, -0.05) is 6.08 Å². The Kier molecular flexibility index (Phi) is 3.42. The van der Waals surface area contributed by atoms with Crippen molar-refractivity contribution in [3.63, 3.8) is 0 Å². The number of nitrogens with one attached hydrogen (secondary N) is 1. The van der Waals surface area contributed by atoms with Crippen LogP contribution < -0.4 is 5.43 Å². The van der Waals surface area contributed by atoms with Crippen molar-refractivity contribution in [1.29, 1.82) is 0 Å². The molecule has 7 heavy (non-hydrogen) atoms. The highest BCUT2D eigenvalue weighted by Crippen LogP contribution is 1.63. The van der Waals surface area contributed by atoms with Crippen LogP contribution in [0.4, 0.5) is 0 Å². The lowest BCUT2D eigenvalue weighted by Gasteiger charge is -2.06. The van der Waals surface area contributed by atoms with Crippen molar-refractivity contribution in [3.8, 4) is 0 Å². The molecule has 0 amide bonds. The molecule has 0 aliphatic carbocycles. The SMILES string of the molecule is C/C=C/NN(C)C. The summed E-state index contributed by atoms with van der Waals surface area (Å²) in [7, 11) is 3.89. The lowest BCUT2D eigenvalue weighted by atomic mass is 10.7. The van der Waals surface area contributed by atoms with Crippen LogP contribution in [0.25, 0.3) is 0 Å². The van der Waals surface area contributed by atoms with Gasteiger partial charge in [-0.05, 0) is 6.92 Å². The summed E-state index contributed by atoms with van der Waals surface area (Å²) in [6, 6.07) is 0. The molecule has 42 valence electrons. The Morgan fingerprint density at radius 2 is 2.00 bits per heavy atom. The van der Waals surface area contributed by atoms with E-state index < -0.39 is 0 Å². The van der Waals surface area contributed by atoms with E-state index in [0.717, 1.165) is 0 Å². The maximum atomic E-state index is 2.95. The van der Waals surface area contributed by atoms with Gasteiger partial charge < -0.3 is 5.43 Å². The predicted octanol–water partition coefficient (Wildman–Crippen LogP) is 0.586. The van der Waals surface area contributed by atoms with Crippen LogP contribution in [0.3, 0.4) is 0 Å². The van der Waals surface area contributed by atoms with E-state index in [9.17, 15) is 0 Å². The van der Waals surface area contributed by atoms with Gasteiger partial charge in [0.15, 0.2) is 0 Å². The molecule has 0 rings (SSSR count). The minimum Gasteiger partial charge on any atom is -0.327 e. The van der Waals surface area contributed by atoms with E-state index in [1.165, 1.54) is 0 Å². The Bertz CT molecular complexity index is 57.1. The molecule has 0 spiro atoms. The monoisotopic (exact) mass is 100 g/mol. The number of hydrogen-bond donors (Lipinski definition) is 1. The van der Waals surface area contributed by atoms with Crippen molar-refractivity contribution in [3.05, 3.63) is 12.3 Å². The molecule has 1 N–H and O–H groups in total. The number of hydrogen-bond acceptors (Lipinski definition) is 2. The van der Waals surface area contributed by atoms with Crippen molar-refractivity contribution in [2.45, 2.75) is 6.92 Å². The van der Waals surface area contributed by atoms with Crippen molar-refractivity contribution >= 4 is 0 Å². The van der Waals surface area contributed by atoms with Crippen molar-refractivity contribution in [1.82, 2.24) is 10.4 Å². The molecule has 0 saturated carbocycles. The van der Waals surface area contributed by atoms with Crippen LogP contribution in [0, 0.1) is 0 Å². The molecule has 0 unspecified atom stereocenters. The van der Waals surface area contributed by atoms with E-state index in [1.807, 2.05) is 38.3 Å². The summed E-state index contributed by atoms with van der Waals surface area (Å²) >= 11 is 0. The average molecular weight is 100 g/mol. The molecule has 0 aliphatic heterocycles. The van der Waals surface area contributed by atoms with E-state index in [1.54, 1.807) is 0 Å². The van der Waals surface area contributed by atoms with Gasteiger partial charge in [0, 0.05) is 20.3 Å². The zero-order chi connectivity index (χ0) is 5.70. The molecular formula is C5H12N2. The molecule has 0 saturated heterocycles. The minimum atomic E-state index is 1.88. The number of hydrazine groups is 1. The van der Waals surface area contributed by atoms with Gasteiger partial charge in [-0.25, -0.2) is 5.01 Å². The third kappa shape index (κ3) is 5.50. The maximum Gasteiger partial charge on any atom is 0.00846 e. The van der Waals surface area contributed by atoms with Gasteiger partial charge in [0.05, 0.1) is 0 Å². The Balaban J connectivity index is 2.97. The standard InChI is InChI=1S/C5H12N2/c1-4-5-6-7(2)3/h4-6H,1-3H3/b5-4+. The largest absolute Gasteiger partial charge is 0.327 e. The smallest absolute Gasteiger partial charge is 0.00846 e. The van der Waals surface area contributed by atoms with Gasteiger partial charge in [-0.3, -0.25) is 0 Å². The molecule has 0 aromatic rings. The number of rotatable bonds is 2. The second kappa shape index (κ2) is 3.68. The third-order valence-electron chi connectivity index (χ3n) is 0.499. The molecule has 0 aromatic carbocycles. The second-order valence-corrected chi connectivity index (χ2v) is 1.52. The topological polar surface area (TPSA) is 15.3 Å². The van der Waals surface area contributed by atoms with Crippen LogP contribution in [0.5, 0.6) is 0 Å². The number of nitrogens with zero attached hydrogens (tertiary/aromatic N) is 1. The summed E-state index contributed by atoms with van der Waals surface area (Å²) in [6.45, 7) is 1.97. The fraction of sp³-hybridized carbons (Fsp3) is 0.600. The lowest BCUT2D eigenvalue weighted by molar-refractivity contribution is 0.342. The van der Waals surface area contributed by atoms with Crippen LogP contribution in [-0.4, -0.2) is 19.1 Å². The van der Waals surface area contributed by atoms with Crippen LogP contribution in [0.1, 0.15) is 6.92 Å². The lowest BCUT2D eigenvalue weighted by Crippen LogP contribution is -2.24. The van der Waals surface area contributed by atoms with Crippen molar-refractivity contribution < 1.29 is 0 Å². The molecule has 2 nitrogen and oxygen atoms in total. The van der Waals surface area contributed by atoms with Crippen LogP contribution in [0.2, 0.25) is 0 Å². The first-order valence-electron chi connectivity index (χ1n) is 2.32. The van der Waals surface area contributed by atoms with Crippen molar-refractivity contribution in [2.24, 2.45) is 0 Å². The molecule has 0 fully saturated rings. The molecule has 0 heterocycles. The average Bonchev–Trinajstić information content (AvgIpc) is 1.61. The summed E-state index contributed by atoms with van der Waals surface area (Å²) < 4.78 is 0. The molecule has 0 bridgehead atoms. The zero-order valence-electron chi connectivity index (χ0n) is 5.10. The van der Waals surface area contributed by atoms with Gasteiger partial charge in [0.1, 0.15) is 0 Å². The van der Waals surface area contributed by atoms with Gasteiger partial charge in [0.2, 0.25) is 0 Å². The fourth-order valence-electron chi connectivity index (χ4n) is 0.224. The first-order valence-corrected chi connectivity index (χ1v) is 2.32. The van der Waals surface area contributed by atoms with Gasteiger partial charge in [0.25, 0.3) is 0 Å². The Labute approximate surface area is 44.8 Å². The highest BCUT2D eigenvalue weighted by atomic mass is 15.5. The van der Waals surface area contributed by atoms with E-state index in [0.29, 0.717) is 0 Å². The second-order valence-electron chi connectivity index (χ2n) is 1.52. The van der Waals surface area contributed by atoms with Crippen LogP contribution >= 0.6 is 0 Å². The Hall–Kier alpha value is -0.500. The highest BCUT2D eigenvalue weighted by molar-refractivity contribution is 4.70. The molecule has 0 aromatic heterocycles. The summed E-state index contributed by atoms with van der Waals surface area (Å²) in [4.78, 5) is 0. The predicted molar refractivity (Wildman–Crippen MR) is 31.6 cm³/mol. The minimum absolute atomic E-state index is 1.88. The first kappa shape index (κ1) is 6.50. The molecule has 0 atom stereocenters. The van der Waals surface area contributed by atoms with Crippen LogP contribution in [0.15, 0.2) is 12.3 Å². The van der Waals surface area contributed by atoms with E-state index in [4.69, 9.17) is 0 Å². The van der Waals surface area contributed by atoms with E-state index in [-0.39, 0.29) is 0 Å². The quantitative estimate of drug-likeness (QED) is 0.511. The first-order chi connectivity index (χ1) is 3.27. The summed E-state index contributed by atoms with van der Waals surface area (Å²) in [6.07, 6.45) is 3.82. The Morgan fingerprint density at radius 1 is 1.43 bits per heavy atom.